The van der Waals surface area contributed by atoms with Gasteiger partial charge >= 0.3 is 0 Å². The molecule has 0 radical (unpaired) electrons. The minimum atomic E-state index is -1.01. The molecule has 0 fully saturated rings. The van der Waals surface area contributed by atoms with Gasteiger partial charge in [0.05, 0.1) is 0 Å². The second kappa shape index (κ2) is 10.6. The van der Waals surface area contributed by atoms with Gasteiger partial charge in [-0.2, -0.15) is 4.39 Å². The first kappa shape index (κ1) is 23.6. The normalized spacial score (nSPS) is 11.0. The highest BCUT2D eigenvalue weighted by Gasteiger charge is 2.16. The summed E-state index contributed by atoms with van der Waals surface area (Å²) in [5.41, 5.74) is 4.97. The molecule has 0 bridgehead atoms. The van der Waals surface area contributed by atoms with E-state index < -0.39 is 11.6 Å². The molecule has 0 atom stereocenters. The molecule has 4 heteroatoms. The van der Waals surface area contributed by atoms with E-state index in [2.05, 4.69) is 6.92 Å². The molecular weight excluding hydrogens is 433 g/mol. The molecule has 1 nitrogen and oxygen atoms in total. The third-order valence-electron chi connectivity index (χ3n) is 5.95. The molecule has 0 saturated heterocycles. The van der Waals surface area contributed by atoms with Crippen LogP contribution in [0.25, 0.3) is 22.3 Å². The van der Waals surface area contributed by atoms with E-state index in [0.717, 1.165) is 36.0 Å². The van der Waals surface area contributed by atoms with Gasteiger partial charge in [0.25, 0.3) is 0 Å². The van der Waals surface area contributed by atoms with Crippen molar-refractivity contribution in [3.05, 3.63) is 113 Å². The summed E-state index contributed by atoms with van der Waals surface area (Å²) in [5.74, 6) is -2.35. The number of benzene rings is 4. The lowest BCUT2D eigenvalue weighted by atomic mass is 10.0. The minimum Gasteiger partial charge on any atom is -0.486 e. The molecule has 0 heterocycles. The van der Waals surface area contributed by atoms with E-state index in [0.29, 0.717) is 11.1 Å². The standard InChI is InChI=1S/C30H27F3O/c1-3-5-21-6-11-24(12-7-21)26-16-17-28(30(33)29(26)32)34-19-22-8-13-23(14-9-22)25-15-10-20(4-2)18-27(25)31/h6-18H,3-5,19H2,1-2H3. The Bertz CT molecular complexity index is 1260. The lowest BCUT2D eigenvalue weighted by Crippen LogP contribution is -2.00. The van der Waals surface area contributed by atoms with Gasteiger partial charge in [-0.05, 0) is 58.9 Å². The first-order valence-corrected chi connectivity index (χ1v) is 11.6. The molecule has 34 heavy (non-hydrogen) atoms. The Morgan fingerprint density at radius 2 is 1.21 bits per heavy atom. The fourth-order valence-electron chi connectivity index (χ4n) is 3.96. The first-order chi connectivity index (χ1) is 16.5. The van der Waals surface area contributed by atoms with Gasteiger partial charge in [-0.15, -0.1) is 0 Å². The molecule has 0 saturated carbocycles. The van der Waals surface area contributed by atoms with Crippen LogP contribution < -0.4 is 4.74 Å². The molecule has 0 aliphatic rings. The van der Waals surface area contributed by atoms with Crippen LogP contribution in [0.4, 0.5) is 13.2 Å². The molecule has 4 aromatic carbocycles. The predicted octanol–water partition coefficient (Wildman–Crippen LogP) is 8.53. The van der Waals surface area contributed by atoms with E-state index >= 15 is 0 Å². The number of halogens is 3. The first-order valence-electron chi connectivity index (χ1n) is 11.6. The fourth-order valence-corrected chi connectivity index (χ4v) is 3.96. The van der Waals surface area contributed by atoms with Crippen LogP contribution in [0.5, 0.6) is 5.75 Å². The Balaban J connectivity index is 1.46. The summed E-state index contributed by atoms with van der Waals surface area (Å²) in [6.45, 7) is 4.15. The molecule has 0 aliphatic carbocycles. The predicted molar refractivity (Wildman–Crippen MR) is 131 cm³/mol. The van der Waals surface area contributed by atoms with Gasteiger partial charge in [0.2, 0.25) is 5.82 Å². The maximum atomic E-state index is 14.8. The van der Waals surface area contributed by atoms with Crippen molar-refractivity contribution in [3.63, 3.8) is 0 Å². The average Bonchev–Trinajstić information content (AvgIpc) is 2.86. The molecule has 0 aliphatic heterocycles. The van der Waals surface area contributed by atoms with Crippen molar-refractivity contribution in [2.45, 2.75) is 39.7 Å². The Morgan fingerprint density at radius 1 is 0.618 bits per heavy atom. The molecule has 174 valence electrons. The smallest absolute Gasteiger partial charge is 0.201 e. The minimum absolute atomic E-state index is 0.0684. The second-order valence-electron chi connectivity index (χ2n) is 8.34. The summed E-state index contributed by atoms with van der Waals surface area (Å²) in [6, 6.07) is 22.9. The molecular formula is C30H27F3O. The number of rotatable bonds is 8. The van der Waals surface area contributed by atoms with Gasteiger partial charge in [0, 0.05) is 11.1 Å². The molecule has 0 N–H and O–H groups in total. The van der Waals surface area contributed by atoms with Crippen molar-refractivity contribution < 1.29 is 17.9 Å². The summed E-state index contributed by atoms with van der Waals surface area (Å²) < 4.78 is 49.4. The van der Waals surface area contributed by atoms with Crippen LogP contribution in [0.15, 0.2) is 78.9 Å². The van der Waals surface area contributed by atoms with E-state index in [1.165, 1.54) is 17.7 Å². The van der Waals surface area contributed by atoms with Crippen molar-refractivity contribution >= 4 is 0 Å². The largest absolute Gasteiger partial charge is 0.486 e. The lowest BCUT2D eigenvalue weighted by Gasteiger charge is -2.12. The van der Waals surface area contributed by atoms with Gasteiger partial charge in [-0.3, -0.25) is 0 Å². The van der Waals surface area contributed by atoms with E-state index in [4.69, 9.17) is 4.74 Å². The summed E-state index contributed by atoms with van der Waals surface area (Å²) >= 11 is 0. The molecule has 0 spiro atoms. The highest BCUT2D eigenvalue weighted by molar-refractivity contribution is 5.66. The van der Waals surface area contributed by atoms with Crippen LogP contribution in [0, 0.1) is 17.5 Å². The van der Waals surface area contributed by atoms with E-state index in [9.17, 15) is 13.2 Å². The SMILES string of the molecule is CCCc1ccc(-c2ccc(OCc3ccc(-c4ccc(CC)cc4F)cc3)c(F)c2F)cc1. The van der Waals surface area contributed by atoms with Crippen LogP contribution in [0.2, 0.25) is 0 Å². The molecule has 0 unspecified atom stereocenters. The lowest BCUT2D eigenvalue weighted by molar-refractivity contribution is 0.285. The van der Waals surface area contributed by atoms with Crippen LogP contribution >= 0.6 is 0 Å². The zero-order chi connectivity index (χ0) is 24.1. The van der Waals surface area contributed by atoms with Gasteiger partial charge in [-0.25, -0.2) is 8.78 Å². The van der Waals surface area contributed by atoms with E-state index in [-0.39, 0.29) is 23.7 Å². The molecule has 0 amide bonds. The monoisotopic (exact) mass is 460 g/mol. The Hall–Kier alpha value is -3.53. The van der Waals surface area contributed by atoms with Crippen LogP contribution in [0.1, 0.15) is 37.0 Å². The van der Waals surface area contributed by atoms with Crippen LogP contribution in [-0.2, 0) is 19.4 Å². The Morgan fingerprint density at radius 3 is 1.82 bits per heavy atom. The number of aryl methyl sites for hydroxylation is 2. The van der Waals surface area contributed by atoms with Crippen molar-refractivity contribution in [1.82, 2.24) is 0 Å². The molecule has 4 rings (SSSR count). The van der Waals surface area contributed by atoms with Crippen molar-refractivity contribution in [3.8, 4) is 28.0 Å². The third kappa shape index (κ3) is 5.17. The topological polar surface area (TPSA) is 9.23 Å². The van der Waals surface area contributed by atoms with E-state index in [1.54, 1.807) is 36.4 Å². The van der Waals surface area contributed by atoms with Crippen molar-refractivity contribution in [2.24, 2.45) is 0 Å². The highest BCUT2D eigenvalue weighted by Crippen LogP contribution is 2.31. The average molecular weight is 461 g/mol. The van der Waals surface area contributed by atoms with Crippen molar-refractivity contribution in [1.29, 1.82) is 0 Å². The number of hydrogen-bond acceptors (Lipinski definition) is 1. The molecule has 0 aromatic heterocycles. The van der Waals surface area contributed by atoms with Gasteiger partial charge in [0.1, 0.15) is 12.4 Å². The zero-order valence-electron chi connectivity index (χ0n) is 19.4. The Kier molecular flexibility index (Phi) is 7.36. The fraction of sp³-hybridized carbons (Fsp3) is 0.200. The van der Waals surface area contributed by atoms with E-state index in [1.807, 2.05) is 37.3 Å². The van der Waals surface area contributed by atoms with Crippen LogP contribution in [-0.4, -0.2) is 0 Å². The summed E-state index contributed by atoms with van der Waals surface area (Å²) in [5, 5.41) is 0. The quantitative estimate of drug-likeness (QED) is 0.256. The Labute approximate surface area is 198 Å². The zero-order valence-corrected chi connectivity index (χ0v) is 19.4. The summed E-state index contributed by atoms with van der Waals surface area (Å²) in [7, 11) is 0. The molecule has 4 aromatic rings. The summed E-state index contributed by atoms with van der Waals surface area (Å²) in [4.78, 5) is 0. The summed E-state index contributed by atoms with van der Waals surface area (Å²) in [6.07, 6.45) is 2.75. The second-order valence-corrected chi connectivity index (χ2v) is 8.34. The van der Waals surface area contributed by atoms with Gasteiger partial charge in [-0.1, -0.05) is 80.9 Å². The maximum Gasteiger partial charge on any atom is 0.201 e. The van der Waals surface area contributed by atoms with Gasteiger partial charge in [0.15, 0.2) is 11.6 Å². The number of ether oxygens (including phenoxy) is 1. The third-order valence-corrected chi connectivity index (χ3v) is 5.95. The maximum absolute atomic E-state index is 14.8. The van der Waals surface area contributed by atoms with Crippen LogP contribution in [0.3, 0.4) is 0 Å². The van der Waals surface area contributed by atoms with Crippen molar-refractivity contribution in [2.75, 3.05) is 0 Å². The highest BCUT2D eigenvalue weighted by atomic mass is 19.2. The number of hydrogen-bond donors (Lipinski definition) is 0. The van der Waals surface area contributed by atoms with Gasteiger partial charge < -0.3 is 4.74 Å².